The first-order valence-electron chi connectivity index (χ1n) is 4.12. The van der Waals surface area contributed by atoms with Gasteiger partial charge in [0, 0.05) is 12.7 Å². The number of hydrogen-bond acceptors (Lipinski definition) is 3. The van der Waals surface area contributed by atoms with Crippen LogP contribution in [0.3, 0.4) is 0 Å². The highest BCUT2D eigenvalue weighted by Crippen LogP contribution is 2.30. The molecule has 2 rings (SSSR count). The summed E-state index contributed by atoms with van der Waals surface area (Å²) in [5.41, 5.74) is 0. The van der Waals surface area contributed by atoms with Gasteiger partial charge in [-0.2, -0.15) is 5.10 Å². The second-order valence-corrected chi connectivity index (χ2v) is 4.87. The van der Waals surface area contributed by atoms with Gasteiger partial charge in [0.2, 0.25) is 0 Å². The summed E-state index contributed by atoms with van der Waals surface area (Å²) < 4.78 is 23.3. The van der Waals surface area contributed by atoms with Crippen LogP contribution in [0, 0.1) is 5.92 Å². The minimum Gasteiger partial charge on any atom is -0.271 e. The van der Waals surface area contributed by atoms with E-state index >= 15 is 0 Å². The zero-order chi connectivity index (χ0) is 9.47. The van der Waals surface area contributed by atoms with E-state index in [1.165, 1.54) is 18.9 Å². The van der Waals surface area contributed by atoms with Crippen molar-refractivity contribution in [2.75, 3.05) is 0 Å². The molecule has 1 aromatic heterocycles. The Morgan fingerprint density at radius 1 is 1.62 bits per heavy atom. The molecule has 0 aliphatic heterocycles. The molecular formula is C7H11N3O2S. The molecule has 0 aromatic carbocycles. The Morgan fingerprint density at radius 3 is 2.77 bits per heavy atom. The Hall–Kier alpha value is -0.880. The molecule has 0 radical (unpaired) electrons. The van der Waals surface area contributed by atoms with Gasteiger partial charge >= 0.3 is 0 Å². The summed E-state index contributed by atoms with van der Waals surface area (Å²) in [6, 6.07) is 1.43. The van der Waals surface area contributed by atoms with E-state index in [-0.39, 0.29) is 5.03 Å². The van der Waals surface area contributed by atoms with E-state index in [4.69, 9.17) is 5.14 Å². The van der Waals surface area contributed by atoms with E-state index < -0.39 is 10.0 Å². The van der Waals surface area contributed by atoms with Crippen molar-refractivity contribution >= 4 is 10.0 Å². The summed E-state index contributed by atoms with van der Waals surface area (Å²) in [5, 5.41) is 8.73. The molecule has 1 aliphatic carbocycles. The van der Waals surface area contributed by atoms with Gasteiger partial charge in [-0.3, -0.25) is 4.68 Å². The minimum atomic E-state index is -3.63. The van der Waals surface area contributed by atoms with Gasteiger partial charge in [0.1, 0.15) is 0 Å². The number of nitrogens with zero attached hydrogens (tertiary/aromatic N) is 2. The first-order valence-corrected chi connectivity index (χ1v) is 5.66. The highest BCUT2D eigenvalue weighted by atomic mass is 32.2. The number of primary sulfonamides is 1. The molecule has 1 aliphatic rings. The highest BCUT2D eigenvalue weighted by molar-refractivity contribution is 7.89. The van der Waals surface area contributed by atoms with Gasteiger partial charge in [0.05, 0.1) is 0 Å². The lowest BCUT2D eigenvalue weighted by molar-refractivity contribution is 0.543. The minimum absolute atomic E-state index is 0.0480. The lowest BCUT2D eigenvalue weighted by atomic mass is 10.4. The summed E-state index contributed by atoms with van der Waals surface area (Å²) >= 11 is 0. The monoisotopic (exact) mass is 201 g/mol. The molecule has 13 heavy (non-hydrogen) atoms. The third-order valence-electron chi connectivity index (χ3n) is 2.05. The molecule has 1 fully saturated rings. The Morgan fingerprint density at radius 2 is 2.31 bits per heavy atom. The third-order valence-corrected chi connectivity index (χ3v) is 2.85. The van der Waals surface area contributed by atoms with Crippen LogP contribution in [-0.4, -0.2) is 18.2 Å². The molecule has 2 N–H and O–H groups in total. The van der Waals surface area contributed by atoms with Crippen LogP contribution < -0.4 is 5.14 Å². The molecule has 0 spiro atoms. The lowest BCUT2D eigenvalue weighted by Crippen LogP contribution is -2.13. The van der Waals surface area contributed by atoms with Crippen molar-refractivity contribution in [3.63, 3.8) is 0 Å². The molecule has 0 atom stereocenters. The first kappa shape index (κ1) is 8.71. The van der Waals surface area contributed by atoms with Crippen LogP contribution in [-0.2, 0) is 16.6 Å². The SMILES string of the molecule is NS(=O)(=O)c1ccn(CC2CC2)n1. The molecule has 1 heterocycles. The number of nitrogens with two attached hydrogens (primary N) is 1. The van der Waals surface area contributed by atoms with Crippen LogP contribution in [0.25, 0.3) is 0 Å². The standard InChI is InChI=1S/C7H11N3O2S/c8-13(11,12)7-3-4-10(9-7)5-6-1-2-6/h3-4,6H,1-2,5H2,(H2,8,11,12). The van der Waals surface area contributed by atoms with E-state index in [2.05, 4.69) is 5.10 Å². The number of rotatable bonds is 3. The van der Waals surface area contributed by atoms with Crippen LogP contribution in [0.2, 0.25) is 0 Å². The zero-order valence-electron chi connectivity index (χ0n) is 7.05. The Balaban J connectivity index is 2.17. The zero-order valence-corrected chi connectivity index (χ0v) is 7.87. The molecule has 0 bridgehead atoms. The van der Waals surface area contributed by atoms with Crippen molar-refractivity contribution < 1.29 is 8.42 Å². The van der Waals surface area contributed by atoms with Crippen LogP contribution in [0.15, 0.2) is 17.3 Å². The van der Waals surface area contributed by atoms with Crippen molar-refractivity contribution in [3.8, 4) is 0 Å². The third kappa shape index (κ3) is 2.07. The molecule has 5 nitrogen and oxygen atoms in total. The van der Waals surface area contributed by atoms with Crippen molar-refractivity contribution in [1.29, 1.82) is 0 Å². The van der Waals surface area contributed by atoms with Crippen molar-refractivity contribution in [1.82, 2.24) is 9.78 Å². The molecule has 72 valence electrons. The Kier molecular flexibility index (Phi) is 1.88. The largest absolute Gasteiger partial charge is 0.271 e. The lowest BCUT2D eigenvalue weighted by Gasteiger charge is -1.96. The average Bonchev–Trinajstić information content (AvgIpc) is 2.63. The van der Waals surface area contributed by atoms with E-state index in [0.717, 1.165) is 6.54 Å². The highest BCUT2D eigenvalue weighted by Gasteiger charge is 2.22. The molecule has 1 saturated carbocycles. The van der Waals surface area contributed by atoms with Crippen LogP contribution >= 0.6 is 0 Å². The van der Waals surface area contributed by atoms with Gasteiger partial charge in [-0.05, 0) is 24.8 Å². The van der Waals surface area contributed by atoms with Crippen molar-refractivity contribution in [3.05, 3.63) is 12.3 Å². The van der Waals surface area contributed by atoms with E-state index in [9.17, 15) is 8.42 Å². The second-order valence-electron chi connectivity index (χ2n) is 3.36. The van der Waals surface area contributed by atoms with Crippen molar-refractivity contribution in [2.24, 2.45) is 11.1 Å². The summed E-state index contributed by atoms with van der Waals surface area (Å²) in [7, 11) is -3.63. The predicted molar refractivity (Wildman–Crippen MR) is 46.3 cm³/mol. The average molecular weight is 201 g/mol. The van der Waals surface area contributed by atoms with Gasteiger partial charge in [-0.15, -0.1) is 0 Å². The quantitative estimate of drug-likeness (QED) is 0.744. The van der Waals surface area contributed by atoms with E-state index in [1.807, 2.05) is 0 Å². The maximum atomic E-state index is 10.8. The molecule has 0 unspecified atom stereocenters. The molecule has 0 amide bonds. The topological polar surface area (TPSA) is 78.0 Å². The van der Waals surface area contributed by atoms with E-state index in [0.29, 0.717) is 5.92 Å². The van der Waals surface area contributed by atoms with Crippen LogP contribution in [0.1, 0.15) is 12.8 Å². The number of hydrogen-bond donors (Lipinski definition) is 1. The molecule has 0 saturated heterocycles. The maximum Gasteiger partial charge on any atom is 0.257 e. The fraction of sp³-hybridized carbons (Fsp3) is 0.571. The maximum absolute atomic E-state index is 10.8. The van der Waals surface area contributed by atoms with Crippen LogP contribution in [0.5, 0.6) is 0 Å². The fourth-order valence-corrected chi connectivity index (χ4v) is 1.63. The number of sulfonamides is 1. The first-order chi connectivity index (χ1) is 6.05. The molecule has 6 heteroatoms. The smallest absolute Gasteiger partial charge is 0.257 e. The summed E-state index contributed by atoms with van der Waals surface area (Å²) in [4.78, 5) is 0. The van der Waals surface area contributed by atoms with Gasteiger partial charge < -0.3 is 0 Å². The van der Waals surface area contributed by atoms with Crippen molar-refractivity contribution in [2.45, 2.75) is 24.4 Å². The molecular weight excluding hydrogens is 190 g/mol. The van der Waals surface area contributed by atoms with E-state index in [1.54, 1.807) is 10.9 Å². The van der Waals surface area contributed by atoms with Gasteiger partial charge in [0.25, 0.3) is 10.0 Å². The normalized spacial score (nSPS) is 17.6. The predicted octanol–water partition coefficient (Wildman–Crippen LogP) is -0.0595. The van der Waals surface area contributed by atoms with Gasteiger partial charge in [-0.1, -0.05) is 0 Å². The summed E-state index contributed by atoms with van der Waals surface area (Å²) in [6.45, 7) is 0.801. The fourth-order valence-electron chi connectivity index (χ4n) is 1.16. The van der Waals surface area contributed by atoms with Gasteiger partial charge in [0.15, 0.2) is 5.03 Å². The summed E-state index contributed by atoms with van der Waals surface area (Å²) in [6.07, 6.45) is 4.08. The van der Waals surface area contributed by atoms with Crippen LogP contribution in [0.4, 0.5) is 0 Å². The Bertz CT molecular complexity index is 405. The summed E-state index contributed by atoms with van der Waals surface area (Å²) in [5.74, 6) is 0.674. The molecule has 1 aromatic rings. The Labute approximate surface area is 76.6 Å². The van der Waals surface area contributed by atoms with Gasteiger partial charge in [-0.25, -0.2) is 13.6 Å². The number of aromatic nitrogens is 2. The second kappa shape index (κ2) is 2.81.